The Labute approximate surface area is 98.1 Å². The summed E-state index contributed by atoms with van der Waals surface area (Å²) in [4.78, 5) is 16.0. The van der Waals surface area contributed by atoms with E-state index in [0.29, 0.717) is 15.5 Å². The summed E-state index contributed by atoms with van der Waals surface area (Å²) >= 11 is 4.78. The van der Waals surface area contributed by atoms with E-state index in [4.69, 9.17) is 0 Å². The zero-order valence-corrected chi connectivity index (χ0v) is 10.1. The summed E-state index contributed by atoms with van der Waals surface area (Å²) in [5, 5.41) is 5.66. The molecule has 3 rings (SSSR count). The van der Waals surface area contributed by atoms with Crippen molar-refractivity contribution in [3.63, 3.8) is 0 Å². The van der Waals surface area contributed by atoms with E-state index in [9.17, 15) is 4.79 Å². The van der Waals surface area contributed by atoms with Crippen LogP contribution in [0.25, 0.3) is 5.13 Å². The molecule has 0 bridgehead atoms. The van der Waals surface area contributed by atoms with E-state index < -0.39 is 0 Å². The van der Waals surface area contributed by atoms with E-state index in [2.05, 4.69) is 26.0 Å². The molecule has 0 atom stereocenters. The van der Waals surface area contributed by atoms with Crippen molar-refractivity contribution in [1.29, 1.82) is 0 Å². The summed E-state index contributed by atoms with van der Waals surface area (Å²) in [7, 11) is 0. The van der Waals surface area contributed by atoms with Gasteiger partial charge >= 0.3 is 0 Å². The van der Waals surface area contributed by atoms with Crippen LogP contribution in [0, 0.1) is 0 Å². The van der Waals surface area contributed by atoms with Crippen LogP contribution in [0.5, 0.6) is 0 Å². The molecule has 4 nitrogen and oxygen atoms in total. The van der Waals surface area contributed by atoms with Crippen LogP contribution in [-0.2, 0) is 0 Å². The Hall–Kier alpha value is -0.880. The van der Waals surface area contributed by atoms with E-state index >= 15 is 0 Å². The van der Waals surface area contributed by atoms with Crippen molar-refractivity contribution in [2.24, 2.45) is 0 Å². The summed E-state index contributed by atoms with van der Waals surface area (Å²) < 4.78 is 2.16. The van der Waals surface area contributed by atoms with Gasteiger partial charge in [-0.05, 0) is 28.8 Å². The van der Waals surface area contributed by atoms with Gasteiger partial charge in [-0.2, -0.15) is 4.68 Å². The van der Waals surface area contributed by atoms with Crippen molar-refractivity contribution in [1.82, 2.24) is 14.8 Å². The third-order valence-electron chi connectivity index (χ3n) is 2.46. The minimum absolute atomic E-state index is 0.0492. The number of nitrogens with one attached hydrogen (secondary N) is 1. The van der Waals surface area contributed by atoms with E-state index in [1.165, 1.54) is 16.0 Å². The summed E-state index contributed by atoms with van der Waals surface area (Å²) in [6, 6.07) is 0. The largest absolute Gasteiger partial charge is 0.291 e. The number of rotatable bonds is 2. The molecule has 0 amide bonds. The second-order valence-electron chi connectivity index (χ2n) is 3.57. The molecule has 0 aliphatic heterocycles. The van der Waals surface area contributed by atoms with Crippen molar-refractivity contribution >= 4 is 27.3 Å². The number of aromatic amines is 1. The number of thiazole rings is 1. The number of hydrogen-bond acceptors (Lipinski definition) is 3. The van der Waals surface area contributed by atoms with E-state index in [1.54, 1.807) is 6.20 Å². The molecule has 15 heavy (non-hydrogen) atoms. The molecule has 6 heteroatoms. The lowest BCUT2D eigenvalue weighted by Crippen LogP contribution is -2.14. The lowest BCUT2D eigenvalue weighted by Gasteiger charge is -1.94. The number of halogens is 1. The Balaban J connectivity index is 2.16. The molecular weight excluding hydrogens is 278 g/mol. The maximum Gasteiger partial charge on any atom is 0.287 e. The molecule has 2 aromatic heterocycles. The van der Waals surface area contributed by atoms with Gasteiger partial charge in [0, 0.05) is 17.5 Å². The highest BCUT2D eigenvalue weighted by Crippen LogP contribution is 2.41. The van der Waals surface area contributed by atoms with Crippen molar-refractivity contribution in [2.45, 2.75) is 18.8 Å². The molecule has 1 aliphatic rings. The third-order valence-corrected chi connectivity index (χ3v) is 3.98. The maximum atomic E-state index is 11.9. The lowest BCUT2D eigenvalue weighted by molar-refractivity contribution is 0.809. The molecule has 0 radical (unpaired) electrons. The molecule has 78 valence electrons. The van der Waals surface area contributed by atoms with Crippen LogP contribution < -0.4 is 5.56 Å². The molecule has 2 aromatic rings. The van der Waals surface area contributed by atoms with Gasteiger partial charge in [0.15, 0.2) is 0 Å². The highest BCUT2D eigenvalue weighted by atomic mass is 79.9. The zero-order valence-electron chi connectivity index (χ0n) is 7.74. The van der Waals surface area contributed by atoms with Crippen LogP contribution in [0.3, 0.4) is 0 Å². The molecule has 0 saturated heterocycles. The average Bonchev–Trinajstić information content (AvgIpc) is 2.84. The maximum absolute atomic E-state index is 11.9. The average molecular weight is 286 g/mol. The second-order valence-corrected chi connectivity index (χ2v) is 5.23. The van der Waals surface area contributed by atoms with Gasteiger partial charge in [-0.25, -0.2) is 4.98 Å². The number of nitrogens with zero attached hydrogens (tertiary/aromatic N) is 2. The first-order chi connectivity index (χ1) is 7.27. The number of H-pyrrole nitrogens is 1. The number of hydrogen-bond donors (Lipinski definition) is 1. The second kappa shape index (κ2) is 3.31. The SMILES string of the molecule is O=c1c(Br)c(C2CC2)[nH]n1-c1nccs1. The zero-order chi connectivity index (χ0) is 10.4. The Morgan fingerprint density at radius 1 is 1.60 bits per heavy atom. The van der Waals surface area contributed by atoms with Gasteiger partial charge in [0.25, 0.3) is 5.56 Å². The van der Waals surface area contributed by atoms with Gasteiger partial charge in [-0.1, -0.05) is 0 Å². The molecule has 0 aromatic carbocycles. The van der Waals surface area contributed by atoms with Crippen LogP contribution in [0.1, 0.15) is 24.5 Å². The summed E-state index contributed by atoms with van der Waals surface area (Å²) in [5.41, 5.74) is 0.960. The first-order valence-electron chi connectivity index (χ1n) is 4.67. The normalized spacial score (nSPS) is 15.8. The molecule has 1 saturated carbocycles. The molecule has 2 heterocycles. The Morgan fingerprint density at radius 3 is 3.00 bits per heavy atom. The highest BCUT2D eigenvalue weighted by Gasteiger charge is 2.29. The Morgan fingerprint density at radius 2 is 2.40 bits per heavy atom. The van der Waals surface area contributed by atoms with Gasteiger partial charge in [0.2, 0.25) is 5.13 Å². The fraction of sp³-hybridized carbons (Fsp3) is 0.333. The topological polar surface area (TPSA) is 50.7 Å². The summed E-state index contributed by atoms with van der Waals surface area (Å²) in [6.45, 7) is 0. The fourth-order valence-electron chi connectivity index (χ4n) is 1.54. The molecule has 1 aliphatic carbocycles. The third kappa shape index (κ3) is 1.48. The first-order valence-corrected chi connectivity index (χ1v) is 6.35. The quantitative estimate of drug-likeness (QED) is 0.920. The van der Waals surface area contributed by atoms with Crippen LogP contribution in [0.2, 0.25) is 0 Å². The van der Waals surface area contributed by atoms with Crippen molar-refractivity contribution in [3.05, 3.63) is 32.1 Å². The molecule has 1 fully saturated rings. The smallest absolute Gasteiger partial charge is 0.287 e. The minimum Gasteiger partial charge on any atom is -0.291 e. The van der Waals surface area contributed by atoms with Crippen LogP contribution in [0.4, 0.5) is 0 Å². The van der Waals surface area contributed by atoms with Gasteiger partial charge in [0.1, 0.15) is 4.47 Å². The predicted octanol–water partition coefficient (Wildman–Crippen LogP) is 2.26. The minimum atomic E-state index is -0.0492. The van der Waals surface area contributed by atoms with Gasteiger partial charge in [-0.15, -0.1) is 11.3 Å². The van der Waals surface area contributed by atoms with Crippen molar-refractivity contribution < 1.29 is 0 Å². The van der Waals surface area contributed by atoms with Crippen LogP contribution >= 0.6 is 27.3 Å². The van der Waals surface area contributed by atoms with Gasteiger partial charge in [0.05, 0.1) is 5.69 Å². The Bertz CT molecular complexity index is 538. The molecule has 1 N–H and O–H groups in total. The van der Waals surface area contributed by atoms with E-state index in [1.807, 2.05) is 5.38 Å². The highest BCUT2D eigenvalue weighted by molar-refractivity contribution is 9.10. The summed E-state index contributed by atoms with van der Waals surface area (Å²) in [5.74, 6) is 0.522. The molecular formula is C9H8BrN3OS. The van der Waals surface area contributed by atoms with Crippen molar-refractivity contribution in [2.75, 3.05) is 0 Å². The predicted molar refractivity (Wildman–Crippen MR) is 61.7 cm³/mol. The fourth-order valence-corrected chi connectivity index (χ4v) is 2.73. The summed E-state index contributed by atoms with van der Waals surface area (Å²) in [6.07, 6.45) is 4.02. The van der Waals surface area contributed by atoms with Crippen molar-refractivity contribution in [3.8, 4) is 5.13 Å². The van der Waals surface area contributed by atoms with Crippen LogP contribution in [0.15, 0.2) is 20.8 Å². The standard InChI is InChI=1S/C9H8BrN3OS/c10-6-7(5-1-2-5)12-13(8(6)14)9-11-3-4-15-9/h3-5,12H,1-2H2. The molecule has 0 unspecified atom stereocenters. The van der Waals surface area contributed by atoms with Gasteiger partial charge < -0.3 is 0 Å². The molecule has 0 spiro atoms. The first kappa shape index (κ1) is 9.35. The van der Waals surface area contributed by atoms with E-state index in [-0.39, 0.29) is 5.56 Å². The monoisotopic (exact) mass is 285 g/mol. The lowest BCUT2D eigenvalue weighted by atomic mass is 10.3. The van der Waals surface area contributed by atoms with Crippen LogP contribution in [-0.4, -0.2) is 14.8 Å². The van der Waals surface area contributed by atoms with Gasteiger partial charge in [-0.3, -0.25) is 9.89 Å². The number of aromatic nitrogens is 3. The van der Waals surface area contributed by atoms with E-state index in [0.717, 1.165) is 18.5 Å². The Kier molecular flexibility index (Phi) is 2.07.